The van der Waals surface area contributed by atoms with Gasteiger partial charge in [-0.2, -0.15) is 0 Å². The third kappa shape index (κ3) is 4.11. The Morgan fingerprint density at radius 1 is 1.28 bits per heavy atom. The Morgan fingerprint density at radius 3 is 2.50 bits per heavy atom. The fourth-order valence-electron chi connectivity index (χ4n) is 2.87. The normalized spacial score (nSPS) is 26.8. The quantitative estimate of drug-likeness (QED) is 0.839. The fourth-order valence-corrected chi connectivity index (χ4v) is 2.87. The van der Waals surface area contributed by atoms with Crippen LogP contribution in [-0.2, 0) is 4.79 Å². The van der Waals surface area contributed by atoms with Crippen LogP contribution in [0.5, 0.6) is 0 Å². The summed E-state index contributed by atoms with van der Waals surface area (Å²) in [6.45, 7) is 6.62. The smallest absolute Gasteiger partial charge is 0.236 e. The first-order valence-corrected chi connectivity index (χ1v) is 6.92. The van der Waals surface area contributed by atoms with Gasteiger partial charge in [0, 0.05) is 25.7 Å². The van der Waals surface area contributed by atoms with Gasteiger partial charge in [-0.05, 0) is 45.1 Å². The number of hydrogen-bond acceptors (Lipinski definition) is 3. The third-order valence-electron chi connectivity index (χ3n) is 4.12. The number of amides is 1. The van der Waals surface area contributed by atoms with Crippen LogP contribution in [0.2, 0.25) is 0 Å². The summed E-state index contributed by atoms with van der Waals surface area (Å²) in [6.07, 6.45) is 4.77. The SMILES string of the molecule is CC(N)C1CCN(CC(=O)N2CCCCC2)C1.Cl. The predicted molar refractivity (Wildman–Crippen MR) is 75.9 cm³/mol. The van der Waals surface area contributed by atoms with Crippen LogP contribution < -0.4 is 5.73 Å². The van der Waals surface area contributed by atoms with Gasteiger partial charge >= 0.3 is 0 Å². The van der Waals surface area contributed by atoms with Crippen molar-refractivity contribution in [2.75, 3.05) is 32.7 Å². The predicted octanol–water partition coefficient (Wildman–Crippen LogP) is 1.09. The van der Waals surface area contributed by atoms with E-state index in [1.807, 2.05) is 4.90 Å². The largest absolute Gasteiger partial charge is 0.342 e. The standard InChI is InChI=1S/C13H25N3O.ClH/c1-11(14)12-5-8-15(9-12)10-13(17)16-6-3-2-4-7-16;/h11-12H,2-10,14H2,1H3;1H. The van der Waals surface area contributed by atoms with Crippen molar-refractivity contribution < 1.29 is 4.79 Å². The molecule has 0 saturated carbocycles. The maximum absolute atomic E-state index is 12.1. The van der Waals surface area contributed by atoms with E-state index in [0.29, 0.717) is 18.4 Å². The van der Waals surface area contributed by atoms with E-state index in [9.17, 15) is 4.79 Å². The molecule has 0 aromatic heterocycles. The minimum atomic E-state index is 0. The number of carbonyl (C=O) groups is 1. The minimum Gasteiger partial charge on any atom is -0.342 e. The number of carbonyl (C=O) groups excluding carboxylic acids is 1. The number of piperidine rings is 1. The Labute approximate surface area is 116 Å². The molecule has 5 heteroatoms. The van der Waals surface area contributed by atoms with E-state index >= 15 is 0 Å². The van der Waals surface area contributed by atoms with Gasteiger partial charge in [-0.1, -0.05) is 0 Å². The van der Waals surface area contributed by atoms with E-state index in [1.165, 1.54) is 19.3 Å². The van der Waals surface area contributed by atoms with Crippen LogP contribution in [0, 0.1) is 5.92 Å². The fraction of sp³-hybridized carbons (Fsp3) is 0.923. The molecule has 18 heavy (non-hydrogen) atoms. The Balaban J connectivity index is 0.00000162. The lowest BCUT2D eigenvalue weighted by molar-refractivity contribution is -0.133. The van der Waals surface area contributed by atoms with Gasteiger partial charge in [-0.25, -0.2) is 0 Å². The Morgan fingerprint density at radius 2 is 1.94 bits per heavy atom. The maximum Gasteiger partial charge on any atom is 0.236 e. The molecule has 0 bridgehead atoms. The molecule has 2 atom stereocenters. The van der Waals surface area contributed by atoms with Crippen LogP contribution in [0.15, 0.2) is 0 Å². The van der Waals surface area contributed by atoms with Crippen LogP contribution in [0.25, 0.3) is 0 Å². The topological polar surface area (TPSA) is 49.6 Å². The summed E-state index contributed by atoms with van der Waals surface area (Å²) < 4.78 is 0. The first-order valence-electron chi connectivity index (χ1n) is 6.92. The van der Waals surface area contributed by atoms with Gasteiger partial charge in [-0.15, -0.1) is 12.4 Å². The van der Waals surface area contributed by atoms with Crippen molar-refractivity contribution in [2.45, 2.75) is 38.6 Å². The number of halogens is 1. The lowest BCUT2D eigenvalue weighted by Crippen LogP contribution is -2.42. The molecule has 0 radical (unpaired) electrons. The summed E-state index contributed by atoms with van der Waals surface area (Å²) >= 11 is 0. The molecular weight excluding hydrogens is 250 g/mol. The van der Waals surface area contributed by atoms with Gasteiger partial charge in [0.25, 0.3) is 0 Å². The number of rotatable bonds is 3. The van der Waals surface area contributed by atoms with E-state index in [1.54, 1.807) is 0 Å². The van der Waals surface area contributed by atoms with E-state index in [0.717, 1.165) is 32.6 Å². The van der Waals surface area contributed by atoms with Gasteiger partial charge in [0.2, 0.25) is 5.91 Å². The highest BCUT2D eigenvalue weighted by Gasteiger charge is 2.27. The Bertz CT molecular complexity index is 267. The van der Waals surface area contributed by atoms with Gasteiger partial charge in [0.1, 0.15) is 0 Å². The summed E-state index contributed by atoms with van der Waals surface area (Å²) in [5, 5.41) is 0. The number of hydrogen-bond donors (Lipinski definition) is 1. The summed E-state index contributed by atoms with van der Waals surface area (Å²) in [6, 6.07) is 0.255. The van der Waals surface area contributed by atoms with E-state index in [2.05, 4.69) is 11.8 Å². The summed E-state index contributed by atoms with van der Waals surface area (Å²) in [5.74, 6) is 0.888. The van der Waals surface area contributed by atoms with Crippen molar-refractivity contribution in [2.24, 2.45) is 11.7 Å². The van der Waals surface area contributed by atoms with Crippen LogP contribution in [0.3, 0.4) is 0 Å². The molecule has 0 aromatic carbocycles. The van der Waals surface area contributed by atoms with E-state index < -0.39 is 0 Å². The van der Waals surface area contributed by atoms with Gasteiger partial charge in [0.05, 0.1) is 6.54 Å². The van der Waals surface area contributed by atoms with Crippen molar-refractivity contribution in [1.82, 2.24) is 9.80 Å². The lowest BCUT2D eigenvalue weighted by Gasteiger charge is -2.28. The molecule has 4 nitrogen and oxygen atoms in total. The maximum atomic E-state index is 12.1. The van der Waals surface area contributed by atoms with Crippen molar-refractivity contribution in [3.8, 4) is 0 Å². The average molecular weight is 276 g/mol. The van der Waals surface area contributed by atoms with Crippen LogP contribution in [0.1, 0.15) is 32.6 Å². The molecule has 2 unspecified atom stereocenters. The summed E-state index contributed by atoms with van der Waals surface area (Å²) in [5.41, 5.74) is 5.91. The second kappa shape index (κ2) is 7.31. The highest BCUT2D eigenvalue weighted by atomic mass is 35.5. The number of likely N-dealkylation sites (tertiary alicyclic amines) is 2. The number of nitrogens with zero attached hydrogens (tertiary/aromatic N) is 2. The minimum absolute atomic E-state index is 0. The first kappa shape index (κ1) is 15.7. The molecule has 0 aliphatic carbocycles. The number of nitrogens with two attached hydrogens (primary N) is 1. The molecule has 2 N–H and O–H groups in total. The van der Waals surface area contributed by atoms with Crippen molar-refractivity contribution in [3.63, 3.8) is 0 Å². The zero-order valence-electron chi connectivity index (χ0n) is 11.3. The van der Waals surface area contributed by atoms with Gasteiger partial charge in [0.15, 0.2) is 0 Å². The lowest BCUT2D eigenvalue weighted by atomic mass is 10.0. The van der Waals surface area contributed by atoms with Gasteiger partial charge < -0.3 is 10.6 Å². The molecular formula is C13H26ClN3O. The monoisotopic (exact) mass is 275 g/mol. The highest BCUT2D eigenvalue weighted by Crippen LogP contribution is 2.19. The molecule has 0 spiro atoms. The molecule has 1 amide bonds. The molecule has 2 aliphatic heterocycles. The molecule has 2 rings (SSSR count). The van der Waals surface area contributed by atoms with Crippen LogP contribution in [-0.4, -0.2) is 54.5 Å². The van der Waals surface area contributed by atoms with Crippen molar-refractivity contribution >= 4 is 18.3 Å². The zero-order chi connectivity index (χ0) is 12.3. The van der Waals surface area contributed by atoms with Crippen molar-refractivity contribution in [1.29, 1.82) is 0 Å². The summed E-state index contributed by atoms with van der Waals surface area (Å²) in [7, 11) is 0. The van der Waals surface area contributed by atoms with E-state index in [4.69, 9.17) is 5.73 Å². The second-order valence-electron chi connectivity index (χ2n) is 5.58. The zero-order valence-corrected chi connectivity index (χ0v) is 12.1. The van der Waals surface area contributed by atoms with Crippen LogP contribution >= 0.6 is 12.4 Å². The second-order valence-corrected chi connectivity index (χ2v) is 5.58. The average Bonchev–Trinajstić information content (AvgIpc) is 2.79. The first-order chi connectivity index (χ1) is 8.16. The van der Waals surface area contributed by atoms with Crippen LogP contribution in [0.4, 0.5) is 0 Å². The Kier molecular flexibility index (Phi) is 6.39. The summed E-state index contributed by atoms with van der Waals surface area (Å²) in [4.78, 5) is 16.4. The molecule has 2 aliphatic rings. The molecule has 106 valence electrons. The Hall–Kier alpha value is -0.320. The molecule has 0 aromatic rings. The highest BCUT2D eigenvalue weighted by molar-refractivity contribution is 5.85. The third-order valence-corrected chi connectivity index (χ3v) is 4.12. The van der Waals surface area contributed by atoms with E-state index in [-0.39, 0.29) is 18.4 Å². The van der Waals surface area contributed by atoms with Gasteiger partial charge in [-0.3, -0.25) is 9.69 Å². The molecule has 2 heterocycles. The molecule has 2 saturated heterocycles. The molecule has 2 fully saturated rings. The van der Waals surface area contributed by atoms with Crippen molar-refractivity contribution in [3.05, 3.63) is 0 Å².